The molecule has 1 heterocycles. The minimum absolute atomic E-state index is 0.437. The molecule has 0 fully saturated rings. The van der Waals surface area contributed by atoms with E-state index < -0.39 is 5.91 Å². The van der Waals surface area contributed by atoms with Crippen molar-refractivity contribution in [1.29, 1.82) is 0 Å². The Morgan fingerprint density at radius 2 is 1.91 bits per heavy atom. The molecule has 3 rings (SSSR count). The SMILES string of the molecule is COc1ccc(/C(C(N)=O)=C2/CSc3ccccc3N2)cc1. The number of methoxy groups -OCH3 is 1. The van der Waals surface area contributed by atoms with Crippen molar-refractivity contribution in [3.63, 3.8) is 0 Å². The fraction of sp³-hybridized carbons (Fsp3) is 0.118. The molecule has 22 heavy (non-hydrogen) atoms. The van der Waals surface area contributed by atoms with Crippen LogP contribution in [0.2, 0.25) is 0 Å². The summed E-state index contributed by atoms with van der Waals surface area (Å²) in [5, 5.41) is 3.33. The summed E-state index contributed by atoms with van der Waals surface area (Å²) >= 11 is 1.69. The molecule has 0 atom stereocenters. The molecule has 112 valence electrons. The normalized spacial score (nSPS) is 15.5. The van der Waals surface area contributed by atoms with Gasteiger partial charge < -0.3 is 15.8 Å². The number of nitrogens with one attached hydrogen (secondary N) is 1. The third-order valence-electron chi connectivity index (χ3n) is 3.47. The van der Waals surface area contributed by atoms with E-state index in [0.29, 0.717) is 11.3 Å². The van der Waals surface area contributed by atoms with Crippen LogP contribution in [0.1, 0.15) is 5.56 Å². The molecular formula is C17H16N2O2S. The van der Waals surface area contributed by atoms with Crippen LogP contribution in [-0.2, 0) is 4.79 Å². The summed E-state index contributed by atoms with van der Waals surface area (Å²) in [6, 6.07) is 15.4. The maximum absolute atomic E-state index is 11.9. The predicted molar refractivity (Wildman–Crippen MR) is 89.9 cm³/mol. The molecule has 0 spiro atoms. The largest absolute Gasteiger partial charge is 0.497 e. The Balaban J connectivity index is 2.02. The average Bonchev–Trinajstić information content (AvgIpc) is 2.55. The van der Waals surface area contributed by atoms with Crippen LogP contribution < -0.4 is 15.8 Å². The second-order valence-electron chi connectivity index (χ2n) is 4.86. The van der Waals surface area contributed by atoms with Gasteiger partial charge in [0.05, 0.1) is 18.4 Å². The van der Waals surface area contributed by atoms with Crippen LogP contribution in [0.15, 0.2) is 59.1 Å². The Hall–Kier alpha value is -2.40. The number of rotatable bonds is 3. The zero-order valence-corrected chi connectivity index (χ0v) is 12.9. The quantitative estimate of drug-likeness (QED) is 0.855. The van der Waals surface area contributed by atoms with Crippen LogP contribution in [0.3, 0.4) is 0 Å². The van der Waals surface area contributed by atoms with Gasteiger partial charge in [0, 0.05) is 16.3 Å². The van der Waals surface area contributed by atoms with Crippen molar-refractivity contribution in [2.24, 2.45) is 5.73 Å². The zero-order chi connectivity index (χ0) is 15.5. The number of nitrogens with two attached hydrogens (primary N) is 1. The highest BCUT2D eigenvalue weighted by molar-refractivity contribution is 7.99. The monoisotopic (exact) mass is 312 g/mol. The molecule has 5 heteroatoms. The maximum atomic E-state index is 11.9. The van der Waals surface area contributed by atoms with Gasteiger partial charge in [0.15, 0.2) is 0 Å². The van der Waals surface area contributed by atoms with Gasteiger partial charge in [-0.25, -0.2) is 0 Å². The minimum atomic E-state index is -0.437. The molecule has 1 aliphatic heterocycles. The Bertz CT molecular complexity index is 739. The number of ether oxygens (including phenoxy) is 1. The van der Waals surface area contributed by atoms with E-state index in [4.69, 9.17) is 10.5 Å². The molecule has 2 aromatic rings. The van der Waals surface area contributed by atoms with Gasteiger partial charge in [0.2, 0.25) is 0 Å². The number of hydrogen-bond acceptors (Lipinski definition) is 4. The van der Waals surface area contributed by atoms with Crippen molar-refractivity contribution in [1.82, 2.24) is 0 Å². The number of fused-ring (bicyclic) bond motifs is 1. The van der Waals surface area contributed by atoms with Gasteiger partial charge in [-0.05, 0) is 29.8 Å². The van der Waals surface area contributed by atoms with Crippen LogP contribution in [0.25, 0.3) is 5.57 Å². The van der Waals surface area contributed by atoms with Gasteiger partial charge in [-0.1, -0.05) is 24.3 Å². The minimum Gasteiger partial charge on any atom is -0.497 e. The smallest absolute Gasteiger partial charge is 0.251 e. The number of thioether (sulfide) groups is 1. The highest BCUT2D eigenvalue weighted by Gasteiger charge is 2.20. The molecule has 0 aliphatic carbocycles. The molecule has 1 amide bonds. The summed E-state index contributed by atoms with van der Waals surface area (Å²) in [6.07, 6.45) is 0. The molecule has 0 unspecified atom stereocenters. The van der Waals surface area contributed by atoms with Crippen molar-refractivity contribution < 1.29 is 9.53 Å². The fourth-order valence-corrected chi connectivity index (χ4v) is 3.37. The Morgan fingerprint density at radius 1 is 1.18 bits per heavy atom. The van der Waals surface area contributed by atoms with E-state index in [1.165, 1.54) is 4.90 Å². The van der Waals surface area contributed by atoms with E-state index in [9.17, 15) is 4.79 Å². The van der Waals surface area contributed by atoms with Crippen LogP contribution in [0, 0.1) is 0 Å². The second-order valence-corrected chi connectivity index (χ2v) is 5.87. The van der Waals surface area contributed by atoms with E-state index in [1.807, 2.05) is 42.5 Å². The Kier molecular flexibility index (Phi) is 4.06. The number of primary amides is 1. The summed E-state index contributed by atoms with van der Waals surface area (Å²) < 4.78 is 5.15. The molecule has 2 aromatic carbocycles. The standard InChI is InChI=1S/C17H16N2O2S/c1-21-12-8-6-11(7-9-12)16(17(18)20)14-10-22-15-5-3-2-4-13(15)19-14/h2-9,19H,10H2,1H3,(H2,18,20)/b16-14+. The number of benzene rings is 2. The maximum Gasteiger partial charge on any atom is 0.251 e. The summed E-state index contributed by atoms with van der Waals surface area (Å²) in [4.78, 5) is 13.1. The van der Waals surface area contributed by atoms with Crippen molar-refractivity contribution in [2.75, 3.05) is 18.2 Å². The number of carbonyl (C=O) groups is 1. The number of para-hydroxylation sites is 1. The van der Waals surface area contributed by atoms with Gasteiger partial charge in [0.1, 0.15) is 5.75 Å². The van der Waals surface area contributed by atoms with Crippen LogP contribution >= 0.6 is 11.8 Å². The number of carbonyl (C=O) groups excluding carboxylic acids is 1. The van der Waals surface area contributed by atoms with Gasteiger partial charge in [-0.3, -0.25) is 4.79 Å². The number of hydrogen-bond donors (Lipinski definition) is 2. The third kappa shape index (κ3) is 2.80. The first-order chi connectivity index (χ1) is 10.7. The predicted octanol–water partition coefficient (Wildman–Crippen LogP) is 3.11. The third-order valence-corrected chi connectivity index (χ3v) is 4.57. The Labute approximate surface area is 133 Å². The molecule has 0 saturated heterocycles. The molecule has 0 aromatic heterocycles. The lowest BCUT2D eigenvalue weighted by Crippen LogP contribution is -2.20. The van der Waals surface area contributed by atoms with Crippen molar-refractivity contribution in [2.45, 2.75) is 4.90 Å². The van der Waals surface area contributed by atoms with E-state index in [0.717, 1.165) is 22.7 Å². The second kappa shape index (κ2) is 6.15. The molecule has 0 saturated carbocycles. The van der Waals surface area contributed by atoms with Crippen LogP contribution in [0.4, 0.5) is 5.69 Å². The van der Waals surface area contributed by atoms with Crippen LogP contribution in [0.5, 0.6) is 5.75 Å². The van der Waals surface area contributed by atoms with E-state index in [2.05, 4.69) is 11.4 Å². The van der Waals surface area contributed by atoms with E-state index in [1.54, 1.807) is 18.9 Å². The zero-order valence-electron chi connectivity index (χ0n) is 12.1. The van der Waals surface area contributed by atoms with Crippen LogP contribution in [-0.4, -0.2) is 18.8 Å². The van der Waals surface area contributed by atoms with E-state index in [-0.39, 0.29) is 0 Å². The lowest BCUT2D eigenvalue weighted by Gasteiger charge is -2.22. The summed E-state index contributed by atoms with van der Waals surface area (Å²) in [5.41, 5.74) is 8.75. The molecule has 0 radical (unpaired) electrons. The average molecular weight is 312 g/mol. The lowest BCUT2D eigenvalue weighted by atomic mass is 10.0. The highest BCUT2D eigenvalue weighted by Crippen LogP contribution is 2.36. The molecule has 0 bridgehead atoms. The van der Waals surface area contributed by atoms with Gasteiger partial charge in [0.25, 0.3) is 5.91 Å². The molecule has 4 nitrogen and oxygen atoms in total. The van der Waals surface area contributed by atoms with Crippen molar-refractivity contribution >= 4 is 28.9 Å². The molecule has 3 N–H and O–H groups in total. The summed E-state index contributed by atoms with van der Waals surface area (Å²) in [5.74, 6) is 0.989. The fourth-order valence-electron chi connectivity index (χ4n) is 2.40. The van der Waals surface area contributed by atoms with Gasteiger partial charge in [-0.15, -0.1) is 11.8 Å². The summed E-state index contributed by atoms with van der Waals surface area (Å²) in [6.45, 7) is 0. The Morgan fingerprint density at radius 3 is 2.59 bits per heavy atom. The molecular weight excluding hydrogens is 296 g/mol. The number of amides is 1. The topological polar surface area (TPSA) is 64.3 Å². The van der Waals surface area contributed by atoms with Gasteiger partial charge in [-0.2, -0.15) is 0 Å². The first-order valence-electron chi connectivity index (χ1n) is 6.85. The highest BCUT2D eigenvalue weighted by atomic mass is 32.2. The first-order valence-corrected chi connectivity index (χ1v) is 7.84. The summed E-state index contributed by atoms with van der Waals surface area (Å²) in [7, 11) is 1.61. The van der Waals surface area contributed by atoms with Crippen molar-refractivity contribution in [3.8, 4) is 5.75 Å². The van der Waals surface area contributed by atoms with Crippen molar-refractivity contribution in [3.05, 3.63) is 59.8 Å². The lowest BCUT2D eigenvalue weighted by molar-refractivity contribution is -0.112. The molecule has 1 aliphatic rings. The number of anilines is 1. The van der Waals surface area contributed by atoms with Gasteiger partial charge >= 0.3 is 0 Å². The first kappa shape index (κ1) is 14.5. The van der Waals surface area contributed by atoms with E-state index >= 15 is 0 Å².